The Morgan fingerprint density at radius 1 is 1.17 bits per heavy atom. The minimum Gasteiger partial charge on any atom is -0.359 e. The summed E-state index contributed by atoms with van der Waals surface area (Å²) in [5, 5.41) is 17.7. The van der Waals surface area contributed by atoms with Gasteiger partial charge in [-0.15, -0.1) is 0 Å². The van der Waals surface area contributed by atoms with E-state index in [1.54, 1.807) is 24.3 Å². The number of urea groups is 1. The molecule has 160 valence electrons. The lowest BCUT2D eigenvalue weighted by Crippen LogP contribution is -2.63. The summed E-state index contributed by atoms with van der Waals surface area (Å²) in [7, 11) is 0. The van der Waals surface area contributed by atoms with Gasteiger partial charge < -0.3 is 20.6 Å². The molecule has 0 fully saturated rings. The number of hydrogen-bond acceptors (Lipinski definition) is 4. The van der Waals surface area contributed by atoms with E-state index in [1.165, 1.54) is 18.2 Å². The van der Waals surface area contributed by atoms with Crippen LogP contribution in [-0.4, -0.2) is 48.1 Å². The van der Waals surface area contributed by atoms with Crippen LogP contribution in [0.1, 0.15) is 19.4 Å². The Balaban J connectivity index is 2.01. The second kappa shape index (κ2) is 9.22. The molecule has 0 radical (unpaired) electrons. The molecule has 2 aromatic carbocycles. The van der Waals surface area contributed by atoms with Crippen molar-refractivity contribution in [2.24, 2.45) is 0 Å². The highest BCUT2D eigenvalue weighted by Crippen LogP contribution is 2.41. The Labute approximate surface area is 185 Å². The highest BCUT2D eigenvalue weighted by atomic mass is 35.5. The Morgan fingerprint density at radius 2 is 1.87 bits per heavy atom. The second-order valence-corrected chi connectivity index (χ2v) is 7.68. The third-order valence-corrected chi connectivity index (χ3v) is 5.90. The zero-order valence-electron chi connectivity index (χ0n) is 16.8. The molecule has 1 unspecified atom stereocenters. The van der Waals surface area contributed by atoms with Crippen molar-refractivity contribution in [2.75, 3.05) is 36.4 Å². The van der Waals surface area contributed by atoms with Crippen molar-refractivity contribution < 1.29 is 14.7 Å². The van der Waals surface area contributed by atoms with Crippen molar-refractivity contribution in [1.82, 2.24) is 10.2 Å². The average Bonchev–Trinajstić information content (AvgIpc) is 2.73. The van der Waals surface area contributed by atoms with Gasteiger partial charge in [0.05, 0.1) is 21.4 Å². The molecular formula is C21H24Cl2N4O3. The molecule has 0 saturated heterocycles. The zero-order valence-corrected chi connectivity index (χ0v) is 18.3. The van der Waals surface area contributed by atoms with Crippen LogP contribution in [-0.2, 0) is 10.5 Å². The number of carbonyl (C=O) groups is 2. The third-order valence-electron chi connectivity index (χ3n) is 5.16. The van der Waals surface area contributed by atoms with Crippen LogP contribution >= 0.6 is 23.2 Å². The van der Waals surface area contributed by atoms with Gasteiger partial charge in [-0.2, -0.15) is 0 Å². The van der Waals surface area contributed by atoms with Crippen molar-refractivity contribution >= 4 is 46.5 Å². The fourth-order valence-corrected chi connectivity index (χ4v) is 3.77. The molecule has 1 atom stereocenters. The molecule has 3 N–H and O–H groups in total. The number of hydrogen-bond donors (Lipinski definition) is 3. The number of fused-ring (bicyclic) bond motifs is 1. The van der Waals surface area contributed by atoms with Crippen LogP contribution in [0.25, 0.3) is 0 Å². The maximum atomic E-state index is 13.3. The molecule has 1 heterocycles. The van der Waals surface area contributed by atoms with E-state index in [4.69, 9.17) is 23.2 Å². The zero-order chi connectivity index (χ0) is 21.9. The minimum absolute atomic E-state index is 0.199. The van der Waals surface area contributed by atoms with Gasteiger partial charge in [0.15, 0.2) is 0 Å². The SMILES string of the molecule is CCN(CC)CCNC(=O)C1(O)c2ccccc2NC(=O)N1c1ccc(Cl)c(Cl)c1. The fraction of sp³-hybridized carbons (Fsp3) is 0.333. The molecule has 7 nitrogen and oxygen atoms in total. The lowest BCUT2D eigenvalue weighted by molar-refractivity contribution is -0.140. The Morgan fingerprint density at radius 3 is 2.53 bits per heavy atom. The number of anilines is 2. The Kier molecular flexibility index (Phi) is 6.88. The highest BCUT2D eigenvalue weighted by Gasteiger charge is 2.51. The van der Waals surface area contributed by atoms with Crippen LogP contribution in [0.3, 0.4) is 0 Å². The summed E-state index contributed by atoms with van der Waals surface area (Å²) in [5.74, 6) is -0.706. The first-order valence-corrected chi connectivity index (χ1v) is 10.5. The van der Waals surface area contributed by atoms with Gasteiger partial charge in [0.1, 0.15) is 0 Å². The van der Waals surface area contributed by atoms with Crippen LogP contribution in [0, 0.1) is 0 Å². The Hall–Kier alpha value is -2.32. The summed E-state index contributed by atoms with van der Waals surface area (Å²) < 4.78 is 0. The number of benzene rings is 2. The maximum absolute atomic E-state index is 13.3. The lowest BCUT2D eigenvalue weighted by atomic mass is 9.95. The average molecular weight is 451 g/mol. The van der Waals surface area contributed by atoms with Crippen molar-refractivity contribution in [1.29, 1.82) is 0 Å². The van der Waals surface area contributed by atoms with Crippen molar-refractivity contribution in [3.8, 4) is 0 Å². The molecule has 9 heteroatoms. The van der Waals surface area contributed by atoms with Crippen LogP contribution in [0.5, 0.6) is 0 Å². The summed E-state index contributed by atoms with van der Waals surface area (Å²) in [6.45, 7) is 6.70. The summed E-state index contributed by atoms with van der Waals surface area (Å²) in [6.07, 6.45) is 0. The van der Waals surface area contributed by atoms with Gasteiger partial charge in [0.25, 0.3) is 11.6 Å². The number of halogens is 2. The topological polar surface area (TPSA) is 84.9 Å². The molecule has 1 aliphatic rings. The molecule has 1 aliphatic heterocycles. The number of carbonyl (C=O) groups excluding carboxylic acids is 2. The molecule has 0 saturated carbocycles. The molecule has 0 aromatic heterocycles. The first-order valence-electron chi connectivity index (χ1n) is 9.71. The number of nitrogens with one attached hydrogen (secondary N) is 2. The van der Waals surface area contributed by atoms with Crippen molar-refractivity contribution in [2.45, 2.75) is 19.6 Å². The molecule has 3 amide bonds. The number of aliphatic hydroxyl groups is 1. The van der Waals surface area contributed by atoms with Gasteiger partial charge in [0, 0.05) is 18.7 Å². The Bertz CT molecular complexity index is 952. The summed E-state index contributed by atoms with van der Waals surface area (Å²) in [5.41, 5.74) is -1.41. The fourth-order valence-electron chi connectivity index (χ4n) is 3.48. The molecule has 0 spiro atoms. The van der Waals surface area contributed by atoms with E-state index < -0.39 is 17.7 Å². The van der Waals surface area contributed by atoms with E-state index in [0.29, 0.717) is 23.8 Å². The number of rotatable bonds is 7. The van der Waals surface area contributed by atoms with E-state index in [1.807, 2.05) is 13.8 Å². The summed E-state index contributed by atoms with van der Waals surface area (Å²) >= 11 is 12.1. The highest BCUT2D eigenvalue weighted by molar-refractivity contribution is 6.42. The normalized spacial score (nSPS) is 18.2. The summed E-state index contributed by atoms with van der Waals surface area (Å²) in [4.78, 5) is 29.3. The van der Waals surface area contributed by atoms with Gasteiger partial charge in [0.2, 0.25) is 0 Å². The van der Waals surface area contributed by atoms with Gasteiger partial charge in [-0.3, -0.25) is 9.69 Å². The van der Waals surface area contributed by atoms with Crippen molar-refractivity contribution in [3.63, 3.8) is 0 Å². The molecule has 2 aromatic rings. The van der Waals surface area contributed by atoms with Crippen molar-refractivity contribution in [3.05, 3.63) is 58.1 Å². The van der Waals surface area contributed by atoms with E-state index in [2.05, 4.69) is 15.5 Å². The molecule has 0 bridgehead atoms. The first kappa shape index (κ1) is 22.4. The maximum Gasteiger partial charge on any atom is 0.329 e. The molecular weight excluding hydrogens is 427 g/mol. The van der Waals surface area contributed by atoms with E-state index in [0.717, 1.165) is 18.0 Å². The van der Waals surface area contributed by atoms with Gasteiger partial charge in [-0.05, 0) is 37.4 Å². The molecule has 3 rings (SSSR count). The third kappa shape index (κ3) is 4.11. The van der Waals surface area contributed by atoms with Gasteiger partial charge in [-0.1, -0.05) is 55.2 Å². The molecule has 30 heavy (non-hydrogen) atoms. The summed E-state index contributed by atoms with van der Waals surface area (Å²) in [6, 6.07) is 10.4. The van der Waals surface area contributed by atoms with Crippen LogP contribution in [0.4, 0.5) is 16.2 Å². The van der Waals surface area contributed by atoms with Gasteiger partial charge in [-0.25, -0.2) is 4.79 Å². The van der Waals surface area contributed by atoms with Crippen LogP contribution in [0.15, 0.2) is 42.5 Å². The van der Waals surface area contributed by atoms with E-state index >= 15 is 0 Å². The lowest BCUT2D eigenvalue weighted by Gasteiger charge is -2.42. The molecule has 0 aliphatic carbocycles. The number of nitrogens with zero attached hydrogens (tertiary/aromatic N) is 2. The number of para-hydroxylation sites is 1. The smallest absolute Gasteiger partial charge is 0.329 e. The standard InChI is InChI=1S/C21H24Cl2N4O3/c1-3-26(4-2)12-11-24-19(28)21(30)15-7-5-6-8-18(15)25-20(29)27(21)14-9-10-16(22)17(23)13-14/h5-10,13,30H,3-4,11-12H2,1-2H3,(H,24,28)(H,25,29). The van der Waals surface area contributed by atoms with Crippen LogP contribution < -0.4 is 15.5 Å². The second-order valence-electron chi connectivity index (χ2n) is 6.86. The minimum atomic E-state index is -2.26. The predicted octanol–water partition coefficient (Wildman–Crippen LogP) is 3.65. The number of amides is 3. The first-order chi connectivity index (χ1) is 14.3. The van der Waals surface area contributed by atoms with Crippen LogP contribution in [0.2, 0.25) is 10.0 Å². The van der Waals surface area contributed by atoms with E-state index in [9.17, 15) is 14.7 Å². The monoisotopic (exact) mass is 450 g/mol. The van der Waals surface area contributed by atoms with E-state index in [-0.39, 0.29) is 16.3 Å². The van der Waals surface area contributed by atoms with Gasteiger partial charge >= 0.3 is 6.03 Å². The quantitative estimate of drug-likeness (QED) is 0.600. The predicted molar refractivity (Wildman–Crippen MR) is 119 cm³/mol. The largest absolute Gasteiger partial charge is 0.359 e. The number of likely N-dealkylation sites (N-methyl/N-ethyl adjacent to an activating group) is 1.